The van der Waals surface area contributed by atoms with Crippen LogP contribution >= 0.6 is 0 Å². The molecule has 3 aliphatic rings. The van der Waals surface area contributed by atoms with Gasteiger partial charge in [0.25, 0.3) is 5.92 Å². The van der Waals surface area contributed by atoms with E-state index in [4.69, 9.17) is 0 Å². The SMILES string of the molecule is O=C(C1CCN(c2cc(C3CCC3)ncn2)CC1)N1CCC(F)(F)CC1. The lowest BCUT2D eigenvalue weighted by Crippen LogP contribution is -2.47. The van der Waals surface area contributed by atoms with Gasteiger partial charge in [-0.2, -0.15) is 0 Å². The summed E-state index contributed by atoms with van der Waals surface area (Å²) in [7, 11) is 0. The summed E-state index contributed by atoms with van der Waals surface area (Å²) < 4.78 is 26.6. The Hall–Kier alpha value is -1.79. The second kappa shape index (κ2) is 7.08. The Labute approximate surface area is 152 Å². The van der Waals surface area contributed by atoms with Crippen molar-refractivity contribution in [2.75, 3.05) is 31.1 Å². The predicted molar refractivity (Wildman–Crippen MR) is 94.3 cm³/mol. The number of aromatic nitrogens is 2. The average molecular weight is 364 g/mol. The summed E-state index contributed by atoms with van der Waals surface area (Å²) in [6, 6.07) is 2.10. The highest BCUT2D eigenvalue weighted by molar-refractivity contribution is 5.79. The number of amides is 1. The van der Waals surface area contributed by atoms with Gasteiger partial charge in [-0.05, 0) is 25.7 Å². The van der Waals surface area contributed by atoms with Crippen molar-refractivity contribution in [1.29, 1.82) is 0 Å². The van der Waals surface area contributed by atoms with E-state index in [0.717, 1.165) is 37.4 Å². The first kappa shape index (κ1) is 17.6. The van der Waals surface area contributed by atoms with Crippen LogP contribution in [0.1, 0.15) is 56.6 Å². The van der Waals surface area contributed by atoms with Crippen molar-refractivity contribution in [3.8, 4) is 0 Å². The molecule has 2 aliphatic heterocycles. The van der Waals surface area contributed by atoms with Crippen molar-refractivity contribution in [1.82, 2.24) is 14.9 Å². The van der Waals surface area contributed by atoms with Gasteiger partial charge in [-0.25, -0.2) is 18.7 Å². The molecule has 26 heavy (non-hydrogen) atoms. The van der Waals surface area contributed by atoms with Crippen molar-refractivity contribution in [3.05, 3.63) is 18.1 Å². The fraction of sp³-hybridized carbons (Fsp3) is 0.737. The van der Waals surface area contributed by atoms with E-state index in [-0.39, 0.29) is 37.8 Å². The van der Waals surface area contributed by atoms with Crippen LogP contribution in [0.2, 0.25) is 0 Å². The van der Waals surface area contributed by atoms with E-state index >= 15 is 0 Å². The van der Waals surface area contributed by atoms with E-state index in [1.165, 1.54) is 19.3 Å². The van der Waals surface area contributed by atoms with Crippen LogP contribution in [0.25, 0.3) is 0 Å². The van der Waals surface area contributed by atoms with E-state index in [0.29, 0.717) is 5.92 Å². The van der Waals surface area contributed by atoms with Crippen LogP contribution in [0.5, 0.6) is 0 Å². The van der Waals surface area contributed by atoms with E-state index < -0.39 is 5.92 Å². The fourth-order valence-electron chi connectivity index (χ4n) is 4.13. The zero-order valence-corrected chi connectivity index (χ0v) is 15.0. The van der Waals surface area contributed by atoms with E-state index in [9.17, 15) is 13.6 Å². The van der Waals surface area contributed by atoms with Crippen LogP contribution in [0.15, 0.2) is 12.4 Å². The molecule has 1 aliphatic carbocycles. The maximum atomic E-state index is 13.3. The third-order valence-corrected chi connectivity index (χ3v) is 6.17. The molecule has 3 heterocycles. The Morgan fingerprint density at radius 3 is 2.35 bits per heavy atom. The minimum absolute atomic E-state index is 0.0501. The second-order valence-corrected chi connectivity index (χ2v) is 7.87. The molecular weight excluding hydrogens is 338 g/mol. The summed E-state index contributed by atoms with van der Waals surface area (Å²) in [4.78, 5) is 25.3. The first-order valence-corrected chi connectivity index (χ1v) is 9.75. The second-order valence-electron chi connectivity index (χ2n) is 7.87. The molecule has 0 unspecified atom stereocenters. The highest BCUT2D eigenvalue weighted by Gasteiger charge is 2.38. The molecule has 0 atom stereocenters. The number of anilines is 1. The number of halogens is 2. The molecule has 0 N–H and O–H groups in total. The van der Waals surface area contributed by atoms with Gasteiger partial charge in [-0.3, -0.25) is 4.79 Å². The summed E-state index contributed by atoms with van der Waals surface area (Å²) in [5.41, 5.74) is 1.13. The molecule has 0 aromatic carbocycles. The van der Waals surface area contributed by atoms with E-state index in [1.807, 2.05) is 0 Å². The molecule has 3 fully saturated rings. The van der Waals surface area contributed by atoms with Gasteiger partial charge in [-0.15, -0.1) is 0 Å². The van der Waals surface area contributed by atoms with Gasteiger partial charge < -0.3 is 9.80 Å². The Kier molecular flexibility index (Phi) is 4.80. The lowest BCUT2D eigenvalue weighted by atomic mass is 9.83. The summed E-state index contributed by atoms with van der Waals surface area (Å²) in [6.45, 7) is 1.93. The molecule has 0 radical (unpaired) electrons. The predicted octanol–water partition coefficient (Wildman–Crippen LogP) is 3.22. The highest BCUT2D eigenvalue weighted by Crippen LogP contribution is 2.36. The number of nitrogens with zero attached hydrogens (tertiary/aromatic N) is 4. The molecule has 5 nitrogen and oxygen atoms in total. The lowest BCUT2D eigenvalue weighted by Gasteiger charge is -2.37. The molecule has 4 rings (SSSR count). The zero-order valence-electron chi connectivity index (χ0n) is 15.0. The van der Waals surface area contributed by atoms with Crippen LogP contribution in [-0.2, 0) is 4.79 Å². The molecular formula is C19H26F2N4O. The first-order valence-electron chi connectivity index (χ1n) is 9.75. The third-order valence-electron chi connectivity index (χ3n) is 6.17. The summed E-state index contributed by atoms with van der Waals surface area (Å²) in [5.74, 6) is -1.08. The van der Waals surface area contributed by atoms with Crippen LogP contribution in [0.4, 0.5) is 14.6 Å². The molecule has 2 saturated heterocycles. The summed E-state index contributed by atoms with van der Waals surface area (Å²) in [6.07, 6.45) is 6.45. The van der Waals surface area contributed by atoms with Crippen molar-refractivity contribution in [2.24, 2.45) is 5.92 Å². The number of hydrogen-bond donors (Lipinski definition) is 0. The number of hydrogen-bond acceptors (Lipinski definition) is 4. The van der Waals surface area contributed by atoms with Crippen LogP contribution in [-0.4, -0.2) is 52.9 Å². The molecule has 1 aromatic heterocycles. The summed E-state index contributed by atoms with van der Waals surface area (Å²) in [5, 5.41) is 0. The zero-order chi connectivity index (χ0) is 18.1. The molecule has 1 amide bonds. The standard InChI is InChI=1S/C19H26F2N4O/c20-19(21)6-10-25(11-7-19)18(26)15-4-8-24(9-5-15)17-12-16(22-13-23-17)14-2-1-3-14/h12-15H,1-11H2. The van der Waals surface area contributed by atoms with Gasteiger partial charge in [0.1, 0.15) is 12.1 Å². The molecule has 1 aromatic rings. The maximum Gasteiger partial charge on any atom is 0.251 e. The molecule has 0 bridgehead atoms. The molecule has 1 saturated carbocycles. The van der Waals surface area contributed by atoms with E-state index in [1.54, 1.807) is 11.2 Å². The third kappa shape index (κ3) is 3.67. The van der Waals surface area contributed by atoms with Crippen LogP contribution < -0.4 is 4.90 Å². The van der Waals surface area contributed by atoms with Crippen molar-refractivity contribution >= 4 is 11.7 Å². The smallest absolute Gasteiger partial charge is 0.251 e. The maximum absolute atomic E-state index is 13.3. The summed E-state index contributed by atoms with van der Waals surface area (Å²) >= 11 is 0. The fourth-order valence-corrected chi connectivity index (χ4v) is 4.13. The van der Waals surface area contributed by atoms with Crippen LogP contribution in [0, 0.1) is 5.92 Å². The van der Waals surface area contributed by atoms with Gasteiger partial charge in [0.2, 0.25) is 5.91 Å². The number of likely N-dealkylation sites (tertiary alicyclic amines) is 1. The monoisotopic (exact) mass is 364 g/mol. The Morgan fingerprint density at radius 1 is 1.04 bits per heavy atom. The first-order chi connectivity index (χ1) is 12.5. The Morgan fingerprint density at radius 2 is 1.73 bits per heavy atom. The average Bonchev–Trinajstić information content (AvgIpc) is 2.60. The van der Waals surface area contributed by atoms with Crippen molar-refractivity contribution in [2.45, 2.75) is 56.8 Å². The van der Waals surface area contributed by atoms with E-state index in [2.05, 4.69) is 20.9 Å². The molecule has 142 valence electrons. The number of rotatable bonds is 3. The Balaban J connectivity index is 1.32. The highest BCUT2D eigenvalue weighted by atomic mass is 19.3. The minimum Gasteiger partial charge on any atom is -0.356 e. The van der Waals surface area contributed by atoms with Gasteiger partial charge in [-0.1, -0.05) is 6.42 Å². The van der Waals surface area contributed by atoms with Crippen molar-refractivity contribution < 1.29 is 13.6 Å². The van der Waals surface area contributed by atoms with Crippen molar-refractivity contribution in [3.63, 3.8) is 0 Å². The number of piperidine rings is 2. The molecule has 0 spiro atoms. The largest absolute Gasteiger partial charge is 0.356 e. The number of alkyl halides is 2. The van der Waals surface area contributed by atoms with Crippen LogP contribution in [0.3, 0.4) is 0 Å². The van der Waals surface area contributed by atoms with Gasteiger partial charge in [0.05, 0.1) is 0 Å². The normalized spacial score (nSPS) is 24.4. The molecule has 7 heteroatoms. The quantitative estimate of drug-likeness (QED) is 0.826. The lowest BCUT2D eigenvalue weighted by molar-refractivity contribution is -0.142. The number of carbonyl (C=O) groups excluding carboxylic acids is 1. The van der Waals surface area contributed by atoms with Gasteiger partial charge in [0.15, 0.2) is 0 Å². The van der Waals surface area contributed by atoms with Gasteiger partial charge >= 0.3 is 0 Å². The Bertz CT molecular complexity index is 647. The number of carbonyl (C=O) groups is 1. The van der Waals surface area contributed by atoms with Gasteiger partial charge in [0, 0.05) is 62.6 Å². The minimum atomic E-state index is -2.61. The topological polar surface area (TPSA) is 49.3 Å².